The lowest BCUT2D eigenvalue weighted by atomic mass is 10.0. The number of nitrogens with one attached hydrogen (secondary N) is 1. The van der Waals surface area contributed by atoms with E-state index in [2.05, 4.69) is 9.88 Å². The summed E-state index contributed by atoms with van der Waals surface area (Å²) in [7, 11) is 1.87. The average Bonchev–Trinajstić information content (AvgIpc) is 3.16. The van der Waals surface area contributed by atoms with Crippen molar-refractivity contribution in [2.24, 2.45) is 0 Å². The van der Waals surface area contributed by atoms with Crippen molar-refractivity contribution >= 4 is 16.8 Å². The van der Waals surface area contributed by atoms with Gasteiger partial charge in [0.2, 0.25) is 0 Å². The van der Waals surface area contributed by atoms with Crippen molar-refractivity contribution < 1.29 is 9.18 Å². The molecule has 1 aromatic heterocycles. The summed E-state index contributed by atoms with van der Waals surface area (Å²) < 4.78 is 14.0. The van der Waals surface area contributed by atoms with Crippen LogP contribution in [0.25, 0.3) is 10.9 Å². The van der Waals surface area contributed by atoms with E-state index in [0.29, 0.717) is 17.7 Å². The lowest BCUT2D eigenvalue weighted by Crippen LogP contribution is -2.48. The van der Waals surface area contributed by atoms with Crippen LogP contribution in [-0.4, -0.2) is 46.9 Å². The Morgan fingerprint density at radius 1 is 1.26 bits per heavy atom. The van der Waals surface area contributed by atoms with Crippen LogP contribution in [0.4, 0.5) is 4.39 Å². The van der Waals surface area contributed by atoms with Gasteiger partial charge in [-0.25, -0.2) is 4.39 Å². The van der Waals surface area contributed by atoms with Gasteiger partial charge in [0, 0.05) is 49.0 Å². The molecular weight excluding hydrogens is 341 g/mol. The van der Waals surface area contributed by atoms with E-state index >= 15 is 0 Å². The van der Waals surface area contributed by atoms with Gasteiger partial charge in [0.05, 0.1) is 0 Å². The van der Waals surface area contributed by atoms with Crippen LogP contribution in [0.1, 0.15) is 28.8 Å². The van der Waals surface area contributed by atoms with Crippen LogP contribution in [0.3, 0.4) is 0 Å². The quantitative estimate of drug-likeness (QED) is 0.758. The first-order valence-corrected chi connectivity index (χ1v) is 9.42. The van der Waals surface area contributed by atoms with Gasteiger partial charge in [-0.1, -0.05) is 24.3 Å². The maximum Gasteiger partial charge on any atom is 0.253 e. The molecule has 0 aliphatic carbocycles. The van der Waals surface area contributed by atoms with Crippen LogP contribution in [0, 0.1) is 5.82 Å². The standard InChI is InChI=1S/C22H24FN3O/c1-25(22(27)17-9-8-16-10-11-24-21(16)13-17)19-6-4-12-26(15-19)14-18-5-2-3-7-20(18)23/h2-3,5,7-11,13,19,24H,4,6,12,14-15H2,1H3/t19-/m0/s1. The minimum Gasteiger partial charge on any atom is -0.361 e. The van der Waals surface area contributed by atoms with E-state index in [9.17, 15) is 9.18 Å². The van der Waals surface area contributed by atoms with Gasteiger partial charge in [0.25, 0.3) is 5.91 Å². The molecule has 3 aromatic rings. The number of aromatic amines is 1. The molecule has 27 heavy (non-hydrogen) atoms. The molecule has 0 unspecified atom stereocenters. The predicted octanol–water partition coefficient (Wildman–Crippen LogP) is 4.04. The van der Waals surface area contributed by atoms with Crippen LogP contribution >= 0.6 is 0 Å². The minimum absolute atomic E-state index is 0.0317. The Balaban J connectivity index is 1.45. The number of rotatable bonds is 4. The highest BCUT2D eigenvalue weighted by Crippen LogP contribution is 2.21. The molecule has 4 rings (SSSR count). The minimum atomic E-state index is -0.164. The topological polar surface area (TPSA) is 39.3 Å². The highest BCUT2D eigenvalue weighted by Gasteiger charge is 2.27. The zero-order valence-corrected chi connectivity index (χ0v) is 15.5. The molecule has 2 aromatic carbocycles. The smallest absolute Gasteiger partial charge is 0.253 e. The summed E-state index contributed by atoms with van der Waals surface area (Å²) in [6.45, 7) is 2.28. The molecule has 1 amide bonds. The largest absolute Gasteiger partial charge is 0.361 e. The van der Waals surface area contributed by atoms with E-state index in [1.165, 1.54) is 6.07 Å². The molecule has 140 valence electrons. The van der Waals surface area contributed by atoms with E-state index in [-0.39, 0.29) is 17.8 Å². The molecule has 1 aliphatic heterocycles. The van der Waals surface area contributed by atoms with Gasteiger partial charge in [0.1, 0.15) is 5.82 Å². The summed E-state index contributed by atoms with van der Waals surface area (Å²) in [5.41, 5.74) is 2.38. The number of likely N-dealkylation sites (tertiary alicyclic amines) is 1. The van der Waals surface area contributed by atoms with Crippen molar-refractivity contribution in [1.29, 1.82) is 0 Å². The molecular formula is C22H24FN3O. The van der Waals surface area contributed by atoms with Gasteiger partial charge in [-0.05, 0) is 49.0 Å². The Labute approximate surface area is 158 Å². The summed E-state index contributed by atoms with van der Waals surface area (Å²) in [6, 6.07) is 14.8. The molecule has 1 fully saturated rings. The normalized spacial score (nSPS) is 17.9. The summed E-state index contributed by atoms with van der Waals surface area (Å²) in [5.74, 6) is -0.132. The number of piperidine rings is 1. The molecule has 1 N–H and O–H groups in total. The van der Waals surface area contributed by atoms with Crippen LogP contribution in [0.2, 0.25) is 0 Å². The van der Waals surface area contributed by atoms with Crippen molar-refractivity contribution in [2.75, 3.05) is 20.1 Å². The Morgan fingerprint density at radius 3 is 2.96 bits per heavy atom. The molecule has 1 aliphatic rings. The molecule has 0 radical (unpaired) electrons. The monoisotopic (exact) mass is 365 g/mol. The highest BCUT2D eigenvalue weighted by molar-refractivity contribution is 5.98. The van der Waals surface area contributed by atoms with Crippen LogP contribution < -0.4 is 0 Å². The molecule has 0 bridgehead atoms. The van der Waals surface area contributed by atoms with E-state index in [4.69, 9.17) is 0 Å². The molecule has 2 heterocycles. The number of likely N-dealkylation sites (N-methyl/N-ethyl adjacent to an activating group) is 1. The number of carbonyl (C=O) groups excluding carboxylic acids is 1. The van der Waals surface area contributed by atoms with Crippen molar-refractivity contribution in [3.8, 4) is 0 Å². The number of hydrogen-bond acceptors (Lipinski definition) is 2. The molecule has 5 heteroatoms. The van der Waals surface area contributed by atoms with Crippen molar-refractivity contribution in [2.45, 2.75) is 25.4 Å². The molecule has 0 spiro atoms. The van der Waals surface area contributed by atoms with Crippen molar-refractivity contribution in [3.05, 3.63) is 71.7 Å². The number of nitrogens with zero attached hydrogens (tertiary/aromatic N) is 2. The molecule has 1 saturated heterocycles. The SMILES string of the molecule is CN(C(=O)c1ccc2cc[nH]c2c1)[C@H]1CCCN(Cc2ccccc2F)C1. The second-order valence-electron chi connectivity index (χ2n) is 7.32. The number of fused-ring (bicyclic) bond motifs is 1. The fourth-order valence-corrected chi connectivity index (χ4v) is 3.91. The second kappa shape index (κ2) is 7.53. The third-order valence-electron chi connectivity index (χ3n) is 5.50. The lowest BCUT2D eigenvalue weighted by Gasteiger charge is -2.37. The van der Waals surface area contributed by atoms with Gasteiger partial charge in [0.15, 0.2) is 0 Å². The number of halogens is 1. The van der Waals surface area contributed by atoms with Crippen molar-refractivity contribution in [3.63, 3.8) is 0 Å². The van der Waals surface area contributed by atoms with Gasteiger partial charge in [-0.2, -0.15) is 0 Å². The van der Waals surface area contributed by atoms with Crippen LogP contribution in [-0.2, 0) is 6.54 Å². The zero-order chi connectivity index (χ0) is 18.8. The number of benzene rings is 2. The predicted molar refractivity (Wildman–Crippen MR) is 105 cm³/mol. The maximum absolute atomic E-state index is 14.0. The van der Waals surface area contributed by atoms with Crippen LogP contribution in [0.5, 0.6) is 0 Å². The summed E-state index contributed by atoms with van der Waals surface area (Å²) in [5, 5.41) is 1.10. The molecule has 1 atom stereocenters. The maximum atomic E-state index is 14.0. The van der Waals surface area contributed by atoms with E-state index in [0.717, 1.165) is 36.8 Å². The molecule has 0 saturated carbocycles. The lowest BCUT2D eigenvalue weighted by molar-refractivity contribution is 0.0608. The highest BCUT2D eigenvalue weighted by atomic mass is 19.1. The van der Waals surface area contributed by atoms with E-state index < -0.39 is 0 Å². The number of aromatic nitrogens is 1. The summed E-state index contributed by atoms with van der Waals surface area (Å²) in [4.78, 5) is 20.2. The Bertz CT molecular complexity index is 951. The van der Waals surface area contributed by atoms with Crippen molar-refractivity contribution in [1.82, 2.24) is 14.8 Å². The van der Waals surface area contributed by atoms with E-state index in [1.807, 2.05) is 54.5 Å². The fourth-order valence-electron chi connectivity index (χ4n) is 3.91. The first-order valence-electron chi connectivity index (χ1n) is 9.42. The second-order valence-corrected chi connectivity index (χ2v) is 7.32. The molecule has 4 nitrogen and oxygen atoms in total. The first kappa shape index (κ1) is 17.7. The number of amides is 1. The fraction of sp³-hybridized carbons (Fsp3) is 0.318. The Morgan fingerprint density at radius 2 is 2.11 bits per heavy atom. The number of carbonyl (C=O) groups is 1. The zero-order valence-electron chi connectivity index (χ0n) is 15.5. The van der Waals surface area contributed by atoms with Gasteiger partial charge in [-0.15, -0.1) is 0 Å². The third-order valence-corrected chi connectivity index (χ3v) is 5.50. The summed E-state index contributed by atoms with van der Waals surface area (Å²) >= 11 is 0. The first-order chi connectivity index (χ1) is 13.1. The van der Waals surface area contributed by atoms with Gasteiger partial charge in [-0.3, -0.25) is 9.69 Å². The number of H-pyrrole nitrogens is 1. The van der Waals surface area contributed by atoms with Gasteiger partial charge >= 0.3 is 0 Å². The van der Waals surface area contributed by atoms with Crippen LogP contribution in [0.15, 0.2) is 54.7 Å². The van der Waals surface area contributed by atoms with Gasteiger partial charge < -0.3 is 9.88 Å². The third kappa shape index (κ3) is 3.74. The average molecular weight is 365 g/mol. The van der Waals surface area contributed by atoms with E-state index in [1.54, 1.807) is 6.07 Å². The summed E-state index contributed by atoms with van der Waals surface area (Å²) in [6.07, 6.45) is 3.86. The number of hydrogen-bond donors (Lipinski definition) is 1. The Kier molecular flexibility index (Phi) is 4.94. The Hall–Kier alpha value is -2.66.